The molecule has 2 N–H and O–H groups in total. The minimum absolute atomic E-state index is 0. The van der Waals surface area contributed by atoms with E-state index in [1.54, 1.807) is 0 Å². The summed E-state index contributed by atoms with van der Waals surface area (Å²) in [6, 6.07) is 5.73. The first kappa shape index (κ1) is 15.4. The molecular formula is C12H16BrClN2O2. The van der Waals surface area contributed by atoms with E-state index in [9.17, 15) is 4.79 Å². The van der Waals surface area contributed by atoms with E-state index in [1.165, 1.54) is 0 Å². The molecular weight excluding hydrogens is 320 g/mol. The average molecular weight is 336 g/mol. The van der Waals surface area contributed by atoms with E-state index in [4.69, 9.17) is 4.74 Å². The summed E-state index contributed by atoms with van der Waals surface area (Å²) in [5, 5.41) is 5.97. The van der Waals surface area contributed by atoms with E-state index in [2.05, 4.69) is 26.6 Å². The van der Waals surface area contributed by atoms with Crippen LogP contribution in [0, 0.1) is 6.92 Å². The Hall–Kier alpha value is -0.620. The molecule has 1 aromatic carbocycles. The standard InChI is InChI=1S/C12H15BrN2O2.ClH/c1-8-2-3-9(6-10(8)13)15-12(16)11-7-14-4-5-17-11;/h2-3,6,11,14H,4-5,7H2,1H3,(H,15,16);1H. The molecule has 2 rings (SSSR count). The fourth-order valence-electron chi connectivity index (χ4n) is 1.63. The first-order valence-electron chi connectivity index (χ1n) is 5.56. The Morgan fingerprint density at radius 3 is 2.94 bits per heavy atom. The predicted molar refractivity (Wildman–Crippen MR) is 77.4 cm³/mol. The molecule has 1 atom stereocenters. The van der Waals surface area contributed by atoms with Gasteiger partial charge >= 0.3 is 0 Å². The molecule has 1 aliphatic rings. The molecule has 1 aromatic rings. The molecule has 0 saturated carbocycles. The molecule has 0 aromatic heterocycles. The van der Waals surface area contributed by atoms with E-state index in [0.29, 0.717) is 13.2 Å². The van der Waals surface area contributed by atoms with Crippen LogP contribution in [0.25, 0.3) is 0 Å². The van der Waals surface area contributed by atoms with Crippen LogP contribution in [0.3, 0.4) is 0 Å². The third kappa shape index (κ3) is 3.95. The summed E-state index contributed by atoms with van der Waals surface area (Å²) in [6.07, 6.45) is -0.399. The molecule has 6 heteroatoms. The number of benzene rings is 1. The summed E-state index contributed by atoms with van der Waals surface area (Å²) in [6.45, 7) is 3.96. The second-order valence-corrected chi connectivity index (χ2v) is 4.87. The van der Waals surface area contributed by atoms with Crippen LogP contribution in [0.4, 0.5) is 5.69 Å². The average Bonchev–Trinajstić information content (AvgIpc) is 2.35. The molecule has 100 valence electrons. The van der Waals surface area contributed by atoms with Crippen LogP contribution in [0.1, 0.15) is 5.56 Å². The number of morpholine rings is 1. The minimum atomic E-state index is -0.399. The fourth-order valence-corrected chi connectivity index (χ4v) is 2.01. The maximum atomic E-state index is 11.9. The molecule has 1 heterocycles. The van der Waals surface area contributed by atoms with Crippen molar-refractivity contribution >= 4 is 39.9 Å². The topological polar surface area (TPSA) is 50.4 Å². The van der Waals surface area contributed by atoms with Gasteiger partial charge in [-0.25, -0.2) is 0 Å². The maximum absolute atomic E-state index is 11.9. The predicted octanol–water partition coefficient (Wildman–Crippen LogP) is 2.11. The number of nitrogens with one attached hydrogen (secondary N) is 2. The van der Waals surface area contributed by atoms with E-state index < -0.39 is 6.10 Å². The van der Waals surface area contributed by atoms with Gasteiger partial charge in [0, 0.05) is 23.2 Å². The Labute approximate surface area is 121 Å². The van der Waals surface area contributed by atoms with Gasteiger partial charge in [0.2, 0.25) is 0 Å². The van der Waals surface area contributed by atoms with Crippen molar-refractivity contribution in [2.75, 3.05) is 25.0 Å². The Morgan fingerprint density at radius 1 is 1.56 bits per heavy atom. The van der Waals surface area contributed by atoms with Crippen LogP contribution < -0.4 is 10.6 Å². The number of ether oxygens (including phenoxy) is 1. The lowest BCUT2D eigenvalue weighted by Gasteiger charge is -2.22. The van der Waals surface area contributed by atoms with Crippen molar-refractivity contribution in [2.24, 2.45) is 0 Å². The Morgan fingerprint density at radius 2 is 2.33 bits per heavy atom. The molecule has 4 nitrogen and oxygen atoms in total. The molecule has 0 aliphatic carbocycles. The number of rotatable bonds is 2. The fraction of sp³-hybridized carbons (Fsp3) is 0.417. The third-order valence-corrected chi connectivity index (χ3v) is 3.51. The lowest BCUT2D eigenvalue weighted by molar-refractivity contribution is -0.128. The van der Waals surface area contributed by atoms with Gasteiger partial charge in [0.1, 0.15) is 6.10 Å². The number of carbonyl (C=O) groups is 1. The van der Waals surface area contributed by atoms with E-state index in [0.717, 1.165) is 22.3 Å². The highest BCUT2D eigenvalue weighted by atomic mass is 79.9. The number of aryl methyl sites for hydroxylation is 1. The van der Waals surface area contributed by atoms with Crippen molar-refractivity contribution < 1.29 is 9.53 Å². The van der Waals surface area contributed by atoms with E-state index in [-0.39, 0.29) is 18.3 Å². The number of hydrogen-bond donors (Lipinski definition) is 2. The van der Waals surface area contributed by atoms with Crippen LogP contribution >= 0.6 is 28.3 Å². The van der Waals surface area contributed by atoms with Gasteiger partial charge in [-0.2, -0.15) is 0 Å². The number of anilines is 1. The van der Waals surface area contributed by atoms with Crippen LogP contribution in [0.5, 0.6) is 0 Å². The maximum Gasteiger partial charge on any atom is 0.254 e. The first-order valence-corrected chi connectivity index (χ1v) is 6.35. The quantitative estimate of drug-likeness (QED) is 0.870. The van der Waals surface area contributed by atoms with Gasteiger partial charge < -0.3 is 15.4 Å². The number of hydrogen-bond acceptors (Lipinski definition) is 3. The highest BCUT2D eigenvalue weighted by molar-refractivity contribution is 9.10. The van der Waals surface area contributed by atoms with Crippen molar-refractivity contribution in [1.82, 2.24) is 5.32 Å². The molecule has 1 unspecified atom stereocenters. The van der Waals surface area contributed by atoms with Crippen LogP contribution in [0.2, 0.25) is 0 Å². The van der Waals surface area contributed by atoms with Crippen LogP contribution in [0.15, 0.2) is 22.7 Å². The van der Waals surface area contributed by atoms with Gasteiger partial charge in [0.15, 0.2) is 0 Å². The molecule has 0 spiro atoms. The number of carbonyl (C=O) groups excluding carboxylic acids is 1. The van der Waals surface area contributed by atoms with Gasteiger partial charge in [-0.3, -0.25) is 4.79 Å². The van der Waals surface area contributed by atoms with Crippen molar-refractivity contribution in [3.63, 3.8) is 0 Å². The first-order chi connectivity index (χ1) is 8.16. The van der Waals surface area contributed by atoms with Crippen LogP contribution in [-0.4, -0.2) is 31.7 Å². The summed E-state index contributed by atoms with van der Waals surface area (Å²) in [5.74, 6) is -0.104. The highest BCUT2D eigenvalue weighted by Gasteiger charge is 2.21. The summed E-state index contributed by atoms with van der Waals surface area (Å²) >= 11 is 3.44. The Kier molecular flexibility index (Phi) is 6.08. The number of amides is 1. The largest absolute Gasteiger partial charge is 0.366 e. The van der Waals surface area contributed by atoms with Gasteiger partial charge in [0.05, 0.1) is 6.61 Å². The monoisotopic (exact) mass is 334 g/mol. The zero-order valence-electron chi connectivity index (χ0n) is 10.0. The van der Waals surface area contributed by atoms with Crippen molar-refractivity contribution in [2.45, 2.75) is 13.0 Å². The lowest BCUT2D eigenvalue weighted by atomic mass is 10.2. The summed E-state index contributed by atoms with van der Waals surface area (Å²) in [4.78, 5) is 11.9. The van der Waals surface area contributed by atoms with Gasteiger partial charge in [-0.1, -0.05) is 22.0 Å². The molecule has 1 fully saturated rings. The normalized spacial score (nSPS) is 18.9. The van der Waals surface area contributed by atoms with Crippen LogP contribution in [-0.2, 0) is 9.53 Å². The van der Waals surface area contributed by atoms with Crippen molar-refractivity contribution in [3.8, 4) is 0 Å². The summed E-state index contributed by atoms with van der Waals surface area (Å²) in [7, 11) is 0. The minimum Gasteiger partial charge on any atom is -0.366 e. The van der Waals surface area contributed by atoms with Crippen molar-refractivity contribution in [1.29, 1.82) is 0 Å². The van der Waals surface area contributed by atoms with Crippen molar-refractivity contribution in [3.05, 3.63) is 28.2 Å². The molecule has 0 radical (unpaired) electrons. The SMILES string of the molecule is Cc1ccc(NC(=O)C2CNCCO2)cc1Br.Cl. The molecule has 18 heavy (non-hydrogen) atoms. The lowest BCUT2D eigenvalue weighted by Crippen LogP contribution is -2.45. The Bertz CT molecular complexity index is 423. The molecule has 1 aliphatic heterocycles. The third-order valence-electron chi connectivity index (χ3n) is 2.66. The zero-order chi connectivity index (χ0) is 12.3. The summed E-state index contributed by atoms with van der Waals surface area (Å²) < 4.78 is 6.36. The second-order valence-electron chi connectivity index (χ2n) is 4.02. The van der Waals surface area contributed by atoms with E-state index >= 15 is 0 Å². The Balaban J connectivity index is 0.00000162. The summed E-state index contributed by atoms with van der Waals surface area (Å²) in [5.41, 5.74) is 1.92. The smallest absolute Gasteiger partial charge is 0.254 e. The molecule has 0 bridgehead atoms. The zero-order valence-corrected chi connectivity index (χ0v) is 12.4. The second kappa shape index (κ2) is 7.09. The molecule has 1 saturated heterocycles. The van der Waals surface area contributed by atoms with Gasteiger partial charge in [0.25, 0.3) is 5.91 Å². The highest BCUT2D eigenvalue weighted by Crippen LogP contribution is 2.20. The van der Waals surface area contributed by atoms with E-state index in [1.807, 2.05) is 25.1 Å². The molecule has 1 amide bonds. The van der Waals surface area contributed by atoms with Gasteiger partial charge in [-0.05, 0) is 24.6 Å². The van der Waals surface area contributed by atoms with Gasteiger partial charge in [-0.15, -0.1) is 12.4 Å². The number of halogens is 2.